The van der Waals surface area contributed by atoms with Gasteiger partial charge in [0.05, 0.1) is 11.8 Å². The van der Waals surface area contributed by atoms with E-state index in [4.69, 9.17) is 4.42 Å². The number of carbonyl (C=O) groups excluding carboxylic acids is 1. The molecule has 1 aliphatic carbocycles. The van der Waals surface area contributed by atoms with Crippen LogP contribution in [-0.2, 0) is 11.2 Å². The lowest BCUT2D eigenvalue weighted by Crippen LogP contribution is -2.43. The lowest BCUT2D eigenvalue weighted by Gasteiger charge is -2.30. The second-order valence-electron chi connectivity index (χ2n) is 6.50. The normalized spacial score (nSPS) is 20.4. The van der Waals surface area contributed by atoms with Crippen LogP contribution in [0.15, 0.2) is 34.9 Å². The minimum atomic E-state index is -0.365. The Labute approximate surface area is 146 Å². The summed E-state index contributed by atoms with van der Waals surface area (Å²) in [5, 5.41) is 12.4. The summed E-state index contributed by atoms with van der Waals surface area (Å²) in [6.07, 6.45) is 6.14. The largest absolute Gasteiger partial charge is 0.441 e. The summed E-state index contributed by atoms with van der Waals surface area (Å²) >= 11 is 0. The lowest BCUT2D eigenvalue weighted by atomic mass is 9.85. The van der Waals surface area contributed by atoms with Gasteiger partial charge >= 0.3 is 0 Å². The van der Waals surface area contributed by atoms with Gasteiger partial charge in [-0.25, -0.2) is 9.37 Å². The highest BCUT2D eigenvalue weighted by atomic mass is 19.1. The molecule has 0 saturated heterocycles. The standard InChI is InChI=1S/C19H23FN2O3/c20-15-7-3-2-6-14(15)17-11-21-19(25-17)10-9-18(24)22-16-8-4-1-5-13(16)12-23/h2-3,6-7,11,13,16,23H,1,4-5,8-10,12H2,(H,22,24)/t13-,16+/m1/s1. The number of aliphatic hydroxyl groups excluding tert-OH is 1. The van der Waals surface area contributed by atoms with E-state index in [1.807, 2.05) is 0 Å². The number of nitrogens with zero attached hydrogens (tertiary/aromatic N) is 1. The summed E-state index contributed by atoms with van der Waals surface area (Å²) in [4.78, 5) is 16.3. The molecule has 134 valence electrons. The fraction of sp³-hybridized carbons (Fsp3) is 0.474. The maximum Gasteiger partial charge on any atom is 0.220 e. The Morgan fingerprint density at radius 1 is 1.32 bits per heavy atom. The van der Waals surface area contributed by atoms with E-state index in [2.05, 4.69) is 10.3 Å². The summed E-state index contributed by atoms with van der Waals surface area (Å²) in [6, 6.07) is 6.39. The first kappa shape index (κ1) is 17.6. The number of nitrogens with one attached hydrogen (secondary N) is 1. The Kier molecular flexibility index (Phi) is 5.81. The minimum Gasteiger partial charge on any atom is -0.441 e. The molecule has 1 aromatic carbocycles. The molecule has 1 heterocycles. The predicted molar refractivity (Wildman–Crippen MR) is 91.2 cm³/mol. The van der Waals surface area contributed by atoms with Gasteiger partial charge in [0.2, 0.25) is 5.91 Å². The molecule has 0 spiro atoms. The number of halogens is 1. The molecule has 0 bridgehead atoms. The molecule has 1 aliphatic rings. The monoisotopic (exact) mass is 346 g/mol. The summed E-state index contributed by atoms with van der Waals surface area (Å²) < 4.78 is 19.3. The van der Waals surface area contributed by atoms with Crippen LogP contribution in [-0.4, -0.2) is 28.6 Å². The van der Waals surface area contributed by atoms with Crippen LogP contribution in [0.4, 0.5) is 4.39 Å². The van der Waals surface area contributed by atoms with Gasteiger partial charge < -0.3 is 14.8 Å². The molecule has 25 heavy (non-hydrogen) atoms. The van der Waals surface area contributed by atoms with Gasteiger partial charge in [-0.3, -0.25) is 4.79 Å². The molecule has 5 nitrogen and oxygen atoms in total. The zero-order valence-corrected chi connectivity index (χ0v) is 14.1. The third-order valence-electron chi connectivity index (χ3n) is 4.75. The van der Waals surface area contributed by atoms with Crippen molar-refractivity contribution in [3.63, 3.8) is 0 Å². The van der Waals surface area contributed by atoms with E-state index in [9.17, 15) is 14.3 Å². The molecule has 1 fully saturated rings. The average Bonchev–Trinajstić information content (AvgIpc) is 3.09. The summed E-state index contributed by atoms with van der Waals surface area (Å²) in [5.74, 6) is 0.482. The smallest absolute Gasteiger partial charge is 0.220 e. The second kappa shape index (κ2) is 8.25. The van der Waals surface area contributed by atoms with Crippen molar-refractivity contribution in [2.24, 2.45) is 5.92 Å². The Bertz CT molecular complexity index is 716. The first-order valence-corrected chi connectivity index (χ1v) is 8.77. The topological polar surface area (TPSA) is 75.4 Å². The lowest BCUT2D eigenvalue weighted by molar-refractivity contribution is -0.122. The van der Waals surface area contributed by atoms with Gasteiger partial charge in [-0.05, 0) is 25.0 Å². The molecular weight excluding hydrogens is 323 g/mol. The molecule has 0 aliphatic heterocycles. The van der Waals surface area contributed by atoms with Gasteiger partial charge in [0.25, 0.3) is 0 Å². The van der Waals surface area contributed by atoms with Crippen LogP contribution in [0.1, 0.15) is 38.0 Å². The van der Waals surface area contributed by atoms with E-state index in [1.165, 1.54) is 12.3 Å². The minimum absolute atomic E-state index is 0.0461. The van der Waals surface area contributed by atoms with Crippen molar-refractivity contribution >= 4 is 5.91 Å². The molecular formula is C19H23FN2O3. The van der Waals surface area contributed by atoms with Crippen molar-refractivity contribution in [1.82, 2.24) is 10.3 Å². The maximum absolute atomic E-state index is 13.8. The maximum atomic E-state index is 13.8. The van der Waals surface area contributed by atoms with Crippen LogP contribution >= 0.6 is 0 Å². The SMILES string of the molecule is O=C(CCc1ncc(-c2ccccc2F)o1)N[C@H]1CCCC[C@@H]1CO. The Morgan fingerprint density at radius 2 is 2.12 bits per heavy atom. The molecule has 1 amide bonds. The van der Waals surface area contributed by atoms with Crippen LogP contribution in [0.25, 0.3) is 11.3 Å². The first-order chi connectivity index (χ1) is 12.2. The van der Waals surface area contributed by atoms with Gasteiger partial charge in [-0.15, -0.1) is 0 Å². The van der Waals surface area contributed by atoms with E-state index in [1.54, 1.807) is 18.2 Å². The van der Waals surface area contributed by atoms with Crippen molar-refractivity contribution in [1.29, 1.82) is 0 Å². The van der Waals surface area contributed by atoms with Crippen molar-refractivity contribution in [3.05, 3.63) is 42.2 Å². The Hall–Kier alpha value is -2.21. The van der Waals surface area contributed by atoms with Gasteiger partial charge in [0.15, 0.2) is 11.7 Å². The summed E-state index contributed by atoms with van der Waals surface area (Å²) in [7, 11) is 0. The number of hydrogen-bond acceptors (Lipinski definition) is 4. The van der Waals surface area contributed by atoms with E-state index >= 15 is 0 Å². The van der Waals surface area contributed by atoms with Crippen LogP contribution in [0.5, 0.6) is 0 Å². The van der Waals surface area contributed by atoms with Crippen LogP contribution < -0.4 is 5.32 Å². The third kappa shape index (κ3) is 4.45. The van der Waals surface area contributed by atoms with E-state index in [0.29, 0.717) is 23.6 Å². The fourth-order valence-electron chi connectivity index (χ4n) is 3.33. The predicted octanol–water partition coefficient (Wildman–Crippen LogP) is 3.08. The number of amides is 1. The Morgan fingerprint density at radius 3 is 2.92 bits per heavy atom. The van der Waals surface area contributed by atoms with Crippen LogP contribution in [0.3, 0.4) is 0 Å². The Balaban J connectivity index is 1.53. The van der Waals surface area contributed by atoms with Crippen molar-refractivity contribution in [2.75, 3.05) is 6.61 Å². The zero-order chi connectivity index (χ0) is 17.6. The van der Waals surface area contributed by atoms with Crippen molar-refractivity contribution in [3.8, 4) is 11.3 Å². The number of hydrogen-bond donors (Lipinski definition) is 2. The number of aryl methyl sites for hydroxylation is 1. The third-order valence-corrected chi connectivity index (χ3v) is 4.75. The highest BCUT2D eigenvalue weighted by Gasteiger charge is 2.25. The van der Waals surface area contributed by atoms with E-state index in [0.717, 1.165) is 25.7 Å². The molecule has 1 saturated carbocycles. The number of aromatic nitrogens is 1. The molecule has 2 atom stereocenters. The number of rotatable bonds is 6. The summed E-state index contributed by atoms with van der Waals surface area (Å²) in [6.45, 7) is 0.108. The molecule has 0 radical (unpaired) electrons. The second-order valence-corrected chi connectivity index (χ2v) is 6.50. The molecule has 2 aromatic rings. The first-order valence-electron chi connectivity index (χ1n) is 8.77. The molecule has 0 unspecified atom stereocenters. The van der Waals surface area contributed by atoms with Crippen LogP contribution in [0.2, 0.25) is 0 Å². The van der Waals surface area contributed by atoms with Crippen LogP contribution in [0, 0.1) is 11.7 Å². The van der Waals surface area contributed by atoms with E-state index in [-0.39, 0.29) is 36.7 Å². The van der Waals surface area contributed by atoms with E-state index < -0.39 is 0 Å². The number of oxazole rings is 1. The molecule has 2 N–H and O–H groups in total. The van der Waals surface area contributed by atoms with Crippen molar-refractivity contribution < 1.29 is 18.7 Å². The van der Waals surface area contributed by atoms with Gasteiger partial charge in [0, 0.05) is 31.4 Å². The molecule has 3 rings (SSSR count). The van der Waals surface area contributed by atoms with Gasteiger partial charge in [-0.2, -0.15) is 0 Å². The molecule has 6 heteroatoms. The van der Waals surface area contributed by atoms with Gasteiger partial charge in [-0.1, -0.05) is 25.0 Å². The number of benzene rings is 1. The fourth-order valence-corrected chi connectivity index (χ4v) is 3.33. The quantitative estimate of drug-likeness (QED) is 0.843. The van der Waals surface area contributed by atoms with Crippen molar-refractivity contribution in [2.45, 2.75) is 44.6 Å². The number of aliphatic hydroxyl groups is 1. The average molecular weight is 346 g/mol. The number of carbonyl (C=O) groups is 1. The van der Waals surface area contributed by atoms with Gasteiger partial charge in [0.1, 0.15) is 5.82 Å². The summed E-state index contributed by atoms with van der Waals surface area (Å²) in [5.41, 5.74) is 0.360. The molecule has 1 aromatic heterocycles. The highest BCUT2D eigenvalue weighted by Crippen LogP contribution is 2.25. The highest BCUT2D eigenvalue weighted by molar-refractivity contribution is 5.76. The zero-order valence-electron chi connectivity index (χ0n) is 14.1.